The van der Waals surface area contributed by atoms with Crippen molar-refractivity contribution in [1.82, 2.24) is 19.5 Å². The summed E-state index contributed by atoms with van der Waals surface area (Å²) in [6.45, 7) is 6.81. The van der Waals surface area contributed by atoms with Crippen LogP contribution >= 0.6 is 0 Å². The van der Waals surface area contributed by atoms with Crippen molar-refractivity contribution in [3.63, 3.8) is 0 Å². The van der Waals surface area contributed by atoms with Gasteiger partial charge in [-0.3, -0.25) is 4.90 Å². The number of hydrogen-bond donors (Lipinski definition) is 1. The lowest BCUT2D eigenvalue weighted by Crippen LogP contribution is -2.12. The van der Waals surface area contributed by atoms with Crippen LogP contribution in [-0.2, 0) is 5.41 Å². The first-order valence-corrected chi connectivity index (χ1v) is 18.2. The fourth-order valence-electron chi connectivity index (χ4n) is 7.90. The summed E-state index contributed by atoms with van der Waals surface area (Å²) < 4.78 is 2.34. The minimum Gasteiger partial charge on any atom is -0.354 e. The molecule has 6 aromatic carbocycles. The maximum Gasteiger partial charge on any atom is 0.137 e. The lowest BCUT2D eigenvalue weighted by atomic mass is 9.86. The van der Waals surface area contributed by atoms with E-state index in [2.05, 4.69) is 181 Å². The molecule has 4 aromatic heterocycles. The van der Waals surface area contributed by atoms with Crippen LogP contribution in [0.5, 0.6) is 0 Å². The minimum atomic E-state index is 0.0516. The van der Waals surface area contributed by atoms with Gasteiger partial charge >= 0.3 is 0 Å². The molecule has 0 aliphatic heterocycles. The first-order chi connectivity index (χ1) is 25.9. The molecule has 0 spiro atoms. The quantitative estimate of drug-likeness (QED) is 0.196. The van der Waals surface area contributed by atoms with Crippen LogP contribution in [0.4, 0.5) is 17.2 Å². The summed E-state index contributed by atoms with van der Waals surface area (Å²) in [5.41, 5.74) is 11.9. The molecule has 0 amide bonds. The number of hydrogen-bond acceptors (Lipinski definition) is 3. The maximum absolute atomic E-state index is 5.52. The van der Waals surface area contributed by atoms with Crippen LogP contribution in [-0.4, -0.2) is 19.5 Å². The molecule has 10 aromatic rings. The van der Waals surface area contributed by atoms with E-state index in [1.807, 2.05) is 18.3 Å². The van der Waals surface area contributed by atoms with Crippen LogP contribution < -0.4 is 4.90 Å². The standard InChI is InChI=1S/C48H37N5/c1-48(2,3)33-22-24-40-38(30-33)37-23-26-42-45(46(37)51-40)47-43(52(42)34-16-5-4-6-17-34)27-25-39(50-47)32-15-11-18-35(29-32)53(44-21-9-10-28-49-44)41-20-12-14-31-13-7-8-19-36(31)41/h4-30,51H,1-3H3. The molecular formula is C48H37N5. The fourth-order valence-corrected chi connectivity index (χ4v) is 7.90. The summed E-state index contributed by atoms with van der Waals surface area (Å²) in [7, 11) is 0. The highest BCUT2D eigenvalue weighted by molar-refractivity contribution is 6.24. The van der Waals surface area contributed by atoms with Gasteiger partial charge < -0.3 is 9.55 Å². The Labute approximate surface area is 307 Å². The summed E-state index contributed by atoms with van der Waals surface area (Å²) in [5, 5.41) is 5.92. The Hall–Kier alpha value is -6.72. The van der Waals surface area contributed by atoms with Gasteiger partial charge in [-0.25, -0.2) is 9.97 Å². The molecule has 0 unspecified atom stereocenters. The van der Waals surface area contributed by atoms with Gasteiger partial charge in [-0.2, -0.15) is 0 Å². The van der Waals surface area contributed by atoms with Crippen LogP contribution in [0, 0.1) is 0 Å². The Balaban J connectivity index is 1.20. The van der Waals surface area contributed by atoms with Gasteiger partial charge in [0.05, 0.1) is 38.8 Å². The molecule has 1 N–H and O–H groups in total. The third-order valence-corrected chi connectivity index (χ3v) is 10.5. The summed E-state index contributed by atoms with van der Waals surface area (Å²) in [5.74, 6) is 0.853. The SMILES string of the molecule is CC(C)(C)c1ccc2[nH]c3c(ccc4c3c3nc(-c5cccc(N(c6ccccn6)c6cccc7ccccc67)c5)ccc3n4-c3ccccc3)c2c1. The zero-order valence-electron chi connectivity index (χ0n) is 29.9. The Kier molecular flexibility index (Phi) is 6.99. The van der Waals surface area contributed by atoms with E-state index < -0.39 is 0 Å². The molecule has 0 aliphatic rings. The average molecular weight is 684 g/mol. The van der Waals surface area contributed by atoms with Crippen molar-refractivity contribution >= 4 is 71.7 Å². The molecule has 0 radical (unpaired) electrons. The predicted octanol–water partition coefficient (Wildman–Crippen LogP) is 12.8. The largest absolute Gasteiger partial charge is 0.354 e. The van der Waals surface area contributed by atoms with Gasteiger partial charge in [-0.15, -0.1) is 0 Å². The van der Waals surface area contributed by atoms with Gasteiger partial charge in [0.2, 0.25) is 0 Å². The van der Waals surface area contributed by atoms with Crippen molar-refractivity contribution in [2.45, 2.75) is 26.2 Å². The summed E-state index contributed by atoms with van der Waals surface area (Å²) >= 11 is 0. The molecule has 53 heavy (non-hydrogen) atoms. The monoisotopic (exact) mass is 683 g/mol. The number of fused-ring (bicyclic) bond motifs is 8. The number of benzene rings is 6. The van der Waals surface area contributed by atoms with E-state index in [4.69, 9.17) is 9.97 Å². The van der Waals surface area contributed by atoms with Gasteiger partial charge in [0.1, 0.15) is 5.82 Å². The normalized spacial score (nSPS) is 12.1. The topological polar surface area (TPSA) is 49.7 Å². The summed E-state index contributed by atoms with van der Waals surface area (Å²) in [6, 6.07) is 56.0. The first kappa shape index (κ1) is 31.1. The number of rotatable bonds is 5. The Morgan fingerprint density at radius 3 is 2.26 bits per heavy atom. The second kappa shape index (κ2) is 11.9. The molecule has 0 bridgehead atoms. The molecule has 5 nitrogen and oxygen atoms in total. The number of H-pyrrole nitrogens is 1. The third-order valence-electron chi connectivity index (χ3n) is 10.5. The molecule has 254 valence electrons. The predicted molar refractivity (Wildman–Crippen MR) is 222 cm³/mol. The first-order valence-electron chi connectivity index (χ1n) is 18.2. The number of pyridine rings is 2. The molecule has 10 rings (SSSR count). The van der Waals surface area contributed by atoms with Crippen LogP contribution in [0.25, 0.3) is 71.5 Å². The molecule has 0 saturated carbocycles. The molecule has 5 heteroatoms. The molecular weight excluding hydrogens is 647 g/mol. The fraction of sp³-hybridized carbons (Fsp3) is 0.0833. The van der Waals surface area contributed by atoms with Crippen LogP contribution in [0.2, 0.25) is 0 Å². The number of para-hydroxylation sites is 1. The molecule has 4 heterocycles. The maximum atomic E-state index is 5.52. The number of anilines is 3. The van der Waals surface area contributed by atoms with E-state index in [1.165, 1.54) is 21.7 Å². The van der Waals surface area contributed by atoms with Crippen LogP contribution in [0.15, 0.2) is 164 Å². The number of nitrogens with one attached hydrogen (secondary N) is 1. The highest BCUT2D eigenvalue weighted by Crippen LogP contribution is 2.42. The van der Waals surface area contributed by atoms with Crippen molar-refractivity contribution in [2.75, 3.05) is 4.90 Å². The van der Waals surface area contributed by atoms with E-state index in [0.717, 1.165) is 72.5 Å². The summed E-state index contributed by atoms with van der Waals surface area (Å²) in [6.07, 6.45) is 1.85. The van der Waals surface area contributed by atoms with Crippen LogP contribution in [0.3, 0.4) is 0 Å². The van der Waals surface area contributed by atoms with E-state index in [-0.39, 0.29) is 5.41 Å². The second-order valence-corrected chi connectivity index (χ2v) is 14.8. The van der Waals surface area contributed by atoms with Gasteiger partial charge in [-0.05, 0) is 89.2 Å². The molecule has 0 atom stereocenters. The van der Waals surface area contributed by atoms with E-state index in [1.54, 1.807) is 0 Å². The third kappa shape index (κ3) is 5.07. The van der Waals surface area contributed by atoms with Gasteiger partial charge in [-0.1, -0.05) is 106 Å². The number of aromatic nitrogens is 4. The van der Waals surface area contributed by atoms with E-state index in [0.29, 0.717) is 0 Å². The van der Waals surface area contributed by atoms with Gasteiger partial charge in [0.15, 0.2) is 0 Å². The lowest BCUT2D eigenvalue weighted by Gasteiger charge is -2.26. The molecule has 0 fully saturated rings. The van der Waals surface area contributed by atoms with Gasteiger partial charge in [0, 0.05) is 44.8 Å². The Morgan fingerprint density at radius 2 is 1.42 bits per heavy atom. The van der Waals surface area contributed by atoms with Crippen molar-refractivity contribution in [3.8, 4) is 16.9 Å². The zero-order valence-corrected chi connectivity index (χ0v) is 29.9. The van der Waals surface area contributed by atoms with Crippen molar-refractivity contribution in [3.05, 3.63) is 169 Å². The zero-order chi connectivity index (χ0) is 35.7. The highest BCUT2D eigenvalue weighted by atomic mass is 15.2. The molecule has 0 saturated heterocycles. The van der Waals surface area contributed by atoms with Crippen LogP contribution in [0.1, 0.15) is 26.3 Å². The lowest BCUT2D eigenvalue weighted by molar-refractivity contribution is 0.591. The molecule has 0 aliphatic carbocycles. The highest BCUT2D eigenvalue weighted by Gasteiger charge is 2.22. The Bertz CT molecular complexity index is 2980. The minimum absolute atomic E-state index is 0.0516. The van der Waals surface area contributed by atoms with Crippen molar-refractivity contribution < 1.29 is 0 Å². The smallest absolute Gasteiger partial charge is 0.137 e. The van der Waals surface area contributed by atoms with E-state index >= 15 is 0 Å². The van der Waals surface area contributed by atoms with Crippen molar-refractivity contribution in [2.24, 2.45) is 0 Å². The van der Waals surface area contributed by atoms with Gasteiger partial charge in [0.25, 0.3) is 0 Å². The van der Waals surface area contributed by atoms with Crippen molar-refractivity contribution in [1.29, 1.82) is 0 Å². The average Bonchev–Trinajstić information content (AvgIpc) is 3.74. The van der Waals surface area contributed by atoms with E-state index in [9.17, 15) is 0 Å². The number of nitrogens with zero attached hydrogens (tertiary/aromatic N) is 4. The Morgan fingerprint density at radius 1 is 0.623 bits per heavy atom. The number of aromatic amines is 1. The second-order valence-electron chi connectivity index (χ2n) is 14.8. The summed E-state index contributed by atoms with van der Waals surface area (Å²) in [4.78, 5) is 16.4.